The molecule has 1 unspecified atom stereocenters. The highest BCUT2D eigenvalue weighted by Crippen LogP contribution is 2.23. The first-order chi connectivity index (χ1) is 8.13. The summed E-state index contributed by atoms with van der Waals surface area (Å²) in [6.45, 7) is 10.2. The molecule has 0 spiro atoms. The van der Waals surface area contributed by atoms with E-state index in [2.05, 4.69) is 31.0 Å². The molecule has 1 aliphatic rings. The van der Waals surface area contributed by atoms with Gasteiger partial charge in [-0.1, -0.05) is 33.6 Å². The van der Waals surface area contributed by atoms with Crippen LogP contribution in [0.2, 0.25) is 0 Å². The lowest BCUT2D eigenvalue weighted by molar-refractivity contribution is 0.0902. The van der Waals surface area contributed by atoms with Gasteiger partial charge in [-0.2, -0.15) is 0 Å². The third kappa shape index (κ3) is 5.84. The Morgan fingerprint density at radius 3 is 2.41 bits per heavy atom. The predicted molar refractivity (Wildman–Crippen MR) is 73.2 cm³/mol. The van der Waals surface area contributed by atoms with Crippen LogP contribution in [0.15, 0.2) is 0 Å². The number of aliphatic hydroxyl groups excluding tert-OH is 1. The minimum absolute atomic E-state index is 0.228. The average molecular weight is 242 g/mol. The van der Waals surface area contributed by atoms with E-state index in [1.54, 1.807) is 0 Å². The molecule has 1 rings (SSSR count). The van der Waals surface area contributed by atoms with Crippen LogP contribution in [0.25, 0.3) is 0 Å². The third-order valence-electron chi connectivity index (χ3n) is 3.63. The van der Waals surface area contributed by atoms with E-state index in [0.29, 0.717) is 5.92 Å². The van der Waals surface area contributed by atoms with Crippen LogP contribution in [0, 0.1) is 5.92 Å². The maximum atomic E-state index is 10.0. The summed E-state index contributed by atoms with van der Waals surface area (Å²) in [6.07, 6.45) is 5.14. The maximum Gasteiger partial charge on any atom is 0.0791 e. The topological polar surface area (TPSA) is 35.5 Å². The van der Waals surface area contributed by atoms with E-state index in [1.807, 2.05) is 0 Å². The van der Waals surface area contributed by atoms with Crippen LogP contribution in [0.1, 0.15) is 46.5 Å². The van der Waals surface area contributed by atoms with Gasteiger partial charge in [0, 0.05) is 19.1 Å². The lowest BCUT2D eigenvalue weighted by Crippen LogP contribution is -2.43. The number of nitrogens with one attached hydrogen (secondary N) is 1. The van der Waals surface area contributed by atoms with Crippen molar-refractivity contribution in [2.24, 2.45) is 5.92 Å². The molecule has 3 heteroatoms. The second-order valence-electron chi connectivity index (χ2n) is 5.73. The van der Waals surface area contributed by atoms with Crippen LogP contribution in [-0.4, -0.2) is 48.3 Å². The van der Waals surface area contributed by atoms with Crippen molar-refractivity contribution in [1.29, 1.82) is 0 Å². The molecule has 2 N–H and O–H groups in total. The molecule has 0 bridgehead atoms. The molecule has 102 valence electrons. The van der Waals surface area contributed by atoms with E-state index in [9.17, 15) is 5.11 Å². The van der Waals surface area contributed by atoms with Gasteiger partial charge in [-0.3, -0.25) is 4.90 Å². The third-order valence-corrected chi connectivity index (χ3v) is 3.63. The minimum Gasteiger partial charge on any atom is -0.390 e. The minimum atomic E-state index is -0.228. The van der Waals surface area contributed by atoms with Crippen molar-refractivity contribution in [3.63, 3.8) is 0 Å². The Morgan fingerprint density at radius 2 is 1.88 bits per heavy atom. The van der Waals surface area contributed by atoms with Crippen LogP contribution >= 0.6 is 0 Å². The molecular formula is C14H30N2O. The summed E-state index contributed by atoms with van der Waals surface area (Å²) in [6, 6.07) is 0.722. The monoisotopic (exact) mass is 242 g/mol. The van der Waals surface area contributed by atoms with E-state index < -0.39 is 0 Å². The molecule has 0 radical (unpaired) electrons. The molecular weight excluding hydrogens is 212 g/mol. The van der Waals surface area contributed by atoms with Crippen LogP contribution in [0.3, 0.4) is 0 Å². The van der Waals surface area contributed by atoms with E-state index >= 15 is 0 Å². The van der Waals surface area contributed by atoms with Gasteiger partial charge >= 0.3 is 0 Å². The Labute approximate surface area is 107 Å². The highest BCUT2D eigenvalue weighted by Gasteiger charge is 2.22. The number of nitrogens with zero attached hydrogens (tertiary/aromatic N) is 1. The predicted octanol–water partition coefficient (Wildman–Crippen LogP) is 1.86. The fourth-order valence-corrected chi connectivity index (χ4v) is 2.68. The number of hydrogen-bond acceptors (Lipinski definition) is 3. The Hall–Kier alpha value is -0.120. The van der Waals surface area contributed by atoms with Gasteiger partial charge in [-0.25, -0.2) is 0 Å². The van der Waals surface area contributed by atoms with Crippen LogP contribution in [-0.2, 0) is 0 Å². The van der Waals surface area contributed by atoms with E-state index in [4.69, 9.17) is 0 Å². The first-order valence-corrected chi connectivity index (χ1v) is 7.26. The van der Waals surface area contributed by atoms with Crippen molar-refractivity contribution >= 4 is 0 Å². The second-order valence-corrected chi connectivity index (χ2v) is 5.73. The average Bonchev–Trinajstić information content (AvgIpc) is 2.78. The molecule has 0 heterocycles. The molecule has 1 atom stereocenters. The van der Waals surface area contributed by atoms with Gasteiger partial charge in [0.25, 0.3) is 0 Å². The summed E-state index contributed by atoms with van der Waals surface area (Å²) in [4.78, 5) is 2.45. The lowest BCUT2D eigenvalue weighted by Gasteiger charge is -2.29. The zero-order chi connectivity index (χ0) is 12.7. The number of likely N-dealkylation sites (N-methyl/N-ethyl adjacent to an activating group) is 1. The molecule has 0 aliphatic heterocycles. The summed E-state index contributed by atoms with van der Waals surface area (Å²) in [5.74, 6) is 0.652. The van der Waals surface area contributed by atoms with Crippen molar-refractivity contribution in [3.05, 3.63) is 0 Å². The summed E-state index contributed by atoms with van der Waals surface area (Å²) in [7, 11) is 0. The molecule has 1 saturated carbocycles. The Kier molecular flexibility index (Phi) is 7.09. The molecule has 17 heavy (non-hydrogen) atoms. The van der Waals surface area contributed by atoms with E-state index in [-0.39, 0.29) is 6.10 Å². The normalized spacial score (nSPS) is 19.4. The number of aliphatic hydroxyl groups is 1. The van der Waals surface area contributed by atoms with Crippen LogP contribution in [0.4, 0.5) is 0 Å². The van der Waals surface area contributed by atoms with Crippen molar-refractivity contribution < 1.29 is 5.11 Å². The van der Waals surface area contributed by atoms with Crippen LogP contribution in [0.5, 0.6) is 0 Å². The van der Waals surface area contributed by atoms with E-state index in [0.717, 1.165) is 32.2 Å². The van der Waals surface area contributed by atoms with Crippen molar-refractivity contribution in [3.8, 4) is 0 Å². The van der Waals surface area contributed by atoms with E-state index in [1.165, 1.54) is 25.7 Å². The highest BCUT2D eigenvalue weighted by molar-refractivity contribution is 4.79. The van der Waals surface area contributed by atoms with Gasteiger partial charge in [-0.15, -0.1) is 0 Å². The van der Waals surface area contributed by atoms with Gasteiger partial charge in [0.05, 0.1) is 6.10 Å². The fourth-order valence-electron chi connectivity index (χ4n) is 2.68. The van der Waals surface area contributed by atoms with Gasteiger partial charge in [0.1, 0.15) is 0 Å². The molecule has 1 fully saturated rings. The van der Waals surface area contributed by atoms with Crippen molar-refractivity contribution in [2.45, 2.75) is 58.6 Å². The fraction of sp³-hybridized carbons (Fsp3) is 1.00. The lowest BCUT2D eigenvalue weighted by atomic mass is 10.2. The van der Waals surface area contributed by atoms with Gasteiger partial charge < -0.3 is 10.4 Å². The van der Waals surface area contributed by atoms with Gasteiger partial charge in [-0.05, 0) is 31.8 Å². The Morgan fingerprint density at radius 1 is 1.24 bits per heavy atom. The number of rotatable bonds is 8. The molecule has 0 aromatic carbocycles. The summed E-state index contributed by atoms with van der Waals surface area (Å²) in [5, 5.41) is 13.3. The largest absolute Gasteiger partial charge is 0.390 e. The van der Waals surface area contributed by atoms with Gasteiger partial charge in [0.15, 0.2) is 0 Å². The van der Waals surface area contributed by atoms with Crippen LogP contribution < -0.4 is 5.32 Å². The molecule has 0 amide bonds. The first-order valence-electron chi connectivity index (χ1n) is 7.26. The zero-order valence-corrected chi connectivity index (χ0v) is 11.8. The second kappa shape index (κ2) is 8.06. The number of hydrogen-bond donors (Lipinski definition) is 2. The molecule has 0 saturated heterocycles. The Balaban J connectivity index is 2.19. The Bertz CT molecular complexity index is 191. The molecule has 0 aromatic heterocycles. The zero-order valence-electron chi connectivity index (χ0n) is 11.8. The summed E-state index contributed by atoms with van der Waals surface area (Å²) < 4.78 is 0. The highest BCUT2D eigenvalue weighted by atomic mass is 16.3. The maximum absolute atomic E-state index is 10.0. The standard InChI is InChI=1S/C14H30N2O/c1-4-16(13-7-5-6-8-13)11-14(17)10-15-9-12(2)3/h12-15,17H,4-11H2,1-3H3. The summed E-state index contributed by atoms with van der Waals surface area (Å²) >= 11 is 0. The molecule has 0 aromatic rings. The van der Waals surface area contributed by atoms with Gasteiger partial charge in [0.2, 0.25) is 0 Å². The molecule has 3 nitrogen and oxygen atoms in total. The summed E-state index contributed by atoms with van der Waals surface area (Å²) in [5.41, 5.74) is 0. The molecule has 1 aliphatic carbocycles. The quantitative estimate of drug-likeness (QED) is 0.682. The van der Waals surface area contributed by atoms with Crippen molar-refractivity contribution in [2.75, 3.05) is 26.2 Å². The smallest absolute Gasteiger partial charge is 0.0791 e. The first kappa shape index (κ1) is 14.9. The van der Waals surface area contributed by atoms with Crippen molar-refractivity contribution in [1.82, 2.24) is 10.2 Å². The SMILES string of the molecule is CCN(CC(O)CNCC(C)C)C1CCCC1.